The molecule has 3 rings (SSSR count). The lowest BCUT2D eigenvalue weighted by Crippen LogP contribution is -2.45. The minimum absolute atomic E-state index is 0.254. The van der Waals surface area contributed by atoms with Crippen molar-refractivity contribution in [2.75, 3.05) is 26.7 Å². The summed E-state index contributed by atoms with van der Waals surface area (Å²) in [7, 11) is 1.67. The van der Waals surface area contributed by atoms with E-state index in [1.54, 1.807) is 7.11 Å². The van der Waals surface area contributed by atoms with Gasteiger partial charge in [0.15, 0.2) is 5.96 Å². The van der Waals surface area contributed by atoms with E-state index in [0.29, 0.717) is 12.5 Å². The van der Waals surface area contributed by atoms with Crippen LogP contribution in [0.4, 0.5) is 0 Å². The Kier molecular flexibility index (Phi) is 7.57. The molecule has 1 aromatic rings. The topological polar surface area (TPSA) is 66.0 Å². The minimum Gasteiger partial charge on any atom is -0.497 e. The second-order valence-electron chi connectivity index (χ2n) is 7.79. The van der Waals surface area contributed by atoms with E-state index in [-0.39, 0.29) is 12.0 Å². The fraction of sp³-hybridized carbons (Fsp3) is 0.636. The second kappa shape index (κ2) is 10.3. The minimum atomic E-state index is 0.254. The van der Waals surface area contributed by atoms with Gasteiger partial charge in [0.2, 0.25) is 5.91 Å². The lowest BCUT2D eigenvalue weighted by atomic mass is 9.88. The maximum absolute atomic E-state index is 12.8. The first-order valence-electron chi connectivity index (χ1n) is 10.7. The zero-order valence-corrected chi connectivity index (χ0v) is 17.2. The molecule has 0 bridgehead atoms. The van der Waals surface area contributed by atoms with Gasteiger partial charge in [0.1, 0.15) is 5.75 Å². The van der Waals surface area contributed by atoms with Crippen molar-refractivity contribution in [1.82, 2.24) is 15.5 Å². The number of aliphatic imine (C=N–C) groups is 1. The molecule has 6 heteroatoms. The van der Waals surface area contributed by atoms with Gasteiger partial charge in [-0.2, -0.15) is 0 Å². The summed E-state index contributed by atoms with van der Waals surface area (Å²) in [5, 5.41) is 6.84. The van der Waals surface area contributed by atoms with E-state index in [1.165, 1.54) is 19.3 Å². The van der Waals surface area contributed by atoms with Gasteiger partial charge in [0.25, 0.3) is 0 Å². The van der Waals surface area contributed by atoms with Crippen molar-refractivity contribution >= 4 is 11.9 Å². The number of carbonyl (C=O) groups excluding carboxylic acids is 1. The highest BCUT2D eigenvalue weighted by Crippen LogP contribution is 2.26. The van der Waals surface area contributed by atoms with Gasteiger partial charge in [-0.15, -0.1) is 0 Å². The molecule has 1 atom stereocenters. The summed E-state index contributed by atoms with van der Waals surface area (Å²) in [4.78, 5) is 19.5. The Morgan fingerprint density at radius 2 is 1.93 bits per heavy atom. The lowest BCUT2D eigenvalue weighted by Gasteiger charge is -2.26. The van der Waals surface area contributed by atoms with Gasteiger partial charge in [0, 0.05) is 31.6 Å². The molecule has 1 saturated heterocycles. The predicted octanol–water partition coefficient (Wildman–Crippen LogP) is 2.93. The number of likely N-dealkylation sites (tertiary alicyclic amines) is 1. The van der Waals surface area contributed by atoms with Gasteiger partial charge in [-0.25, -0.2) is 4.99 Å². The van der Waals surface area contributed by atoms with Crippen LogP contribution in [0.2, 0.25) is 0 Å². The van der Waals surface area contributed by atoms with Crippen molar-refractivity contribution in [1.29, 1.82) is 0 Å². The third kappa shape index (κ3) is 5.63. The standard InChI is InChI=1S/C22H34N4O2/c1-3-23-22(24-15-17-9-11-20(28-2)12-10-17)25-19-13-14-26(16-19)21(27)18-7-5-4-6-8-18/h9-12,18-19H,3-8,13-16H2,1-2H3,(H2,23,24,25). The van der Waals surface area contributed by atoms with Crippen LogP contribution in [0.1, 0.15) is 51.0 Å². The molecule has 0 aromatic heterocycles. The Morgan fingerprint density at radius 3 is 2.61 bits per heavy atom. The lowest BCUT2D eigenvalue weighted by molar-refractivity contribution is -0.135. The first kappa shape index (κ1) is 20.5. The van der Waals surface area contributed by atoms with E-state index in [1.807, 2.05) is 24.3 Å². The van der Waals surface area contributed by atoms with Gasteiger partial charge in [0.05, 0.1) is 13.7 Å². The van der Waals surface area contributed by atoms with Crippen LogP contribution < -0.4 is 15.4 Å². The second-order valence-corrected chi connectivity index (χ2v) is 7.79. The highest BCUT2D eigenvalue weighted by Gasteiger charge is 2.31. The molecular weight excluding hydrogens is 352 g/mol. The molecule has 2 fully saturated rings. The van der Waals surface area contributed by atoms with Crippen LogP contribution in [0.25, 0.3) is 0 Å². The number of nitrogens with one attached hydrogen (secondary N) is 2. The average molecular weight is 387 g/mol. The smallest absolute Gasteiger partial charge is 0.225 e. The third-order valence-corrected chi connectivity index (χ3v) is 5.72. The summed E-state index contributed by atoms with van der Waals surface area (Å²) in [5.74, 6) is 2.29. The molecule has 1 aliphatic heterocycles. The molecular formula is C22H34N4O2. The molecule has 1 saturated carbocycles. The van der Waals surface area contributed by atoms with Crippen molar-refractivity contribution in [2.24, 2.45) is 10.9 Å². The van der Waals surface area contributed by atoms with E-state index in [9.17, 15) is 4.79 Å². The summed E-state index contributed by atoms with van der Waals surface area (Å²) >= 11 is 0. The molecule has 0 radical (unpaired) electrons. The zero-order chi connectivity index (χ0) is 19.8. The fourth-order valence-corrected chi connectivity index (χ4v) is 4.10. The van der Waals surface area contributed by atoms with E-state index in [2.05, 4.69) is 22.5 Å². The number of carbonyl (C=O) groups is 1. The van der Waals surface area contributed by atoms with Crippen molar-refractivity contribution in [3.05, 3.63) is 29.8 Å². The number of guanidine groups is 1. The summed E-state index contributed by atoms with van der Waals surface area (Å²) in [5.41, 5.74) is 1.14. The number of methoxy groups -OCH3 is 1. The first-order valence-corrected chi connectivity index (χ1v) is 10.7. The predicted molar refractivity (Wildman–Crippen MR) is 113 cm³/mol. The molecule has 1 aliphatic carbocycles. The monoisotopic (exact) mass is 386 g/mol. The van der Waals surface area contributed by atoms with Crippen LogP contribution in [0.3, 0.4) is 0 Å². The maximum atomic E-state index is 12.8. The van der Waals surface area contributed by atoms with Crippen molar-refractivity contribution in [3.8, 4) is 5.75 Å². The van der Waals surface area contributed by atoms with Gasteiger partial charge in [-0.3, -0.25) is 4.79 Å². The van der Waals surface area contributed by atoms with E-state index in [4.69, 9.17) is 9.73 Å². The van der Waals surface area contributed by atoms with Gasteiger partial charge >= 0.3 is 0 Å². The van der Waals surface area contributed by atoms with Crippen LogP contribution in [-0.4, -0.2) is 49.6 Å². The largest absolute Gasteiger partial charge is 0.497 e. The molecule has 28 heavy (non-hydrogen) atoms. The molecule has 2 aliphatic rings. The fourth-order valence-electron chi connectivity index (χ4n) is 4.10. The van der Waals surface area contributed by atoms with Crippen LogP contribution in [0, 0.1) is 5.92 Å². The van der Waals surface area contributed by atoms with Crippen LogP contribution in [0.5, 0.6) is 5.75 Å². The highest BCUT2D eigenvalue weighted by atomic mass is 16.5. The molecule has 154 valence electrons. The Hall–Kier alpha value is -2.24. The summed E-state index contributed by atoms with van der Waals surface area (Å²) in [6.45, 7) is 5.12. The number of rotatable bonds is 6. The third-order valence-electron chi connectivity index (χ3n) is 5.72. The Morgan fingerprint density at radius 1 is 1.18 bits per heavy atom. The number of nitrogens with zero attached hydrogens (tertiary/aromatic N) is 2. The number of hydrogen-bond acceptors (Lipinski definition) is 3. The number of benzene rings is 1. The van der Waals surface area contributed by atoms with E-state index >= 15 is 0 Å². The first-order chi connectivity index (χ1) is 13.7. The molecule has 0 spiro atoms. The number of hydrogen-bond donors (Lipinski definition) is 2. The van der Waals surface area contributed by atoms with Gasteiger partial charge in [-0.05, 0) is 43.9 Å². The van der Waals surface area contributed by atoms with Crippen LogP contribution in [-0.2, 0) is 11.3 Å². The molecule has 1 aromatic carbocycles. The molecule has 1 heterocycles. The van der Waals surface area contributed by atoms with Crippen molar-refractivity contribution < 1.29 is 9.53 Å². The summed E-state index contributed by atoms with van der Waals surface area (Å²) in [6, 6.07) is 8.24. The van der Waals surface area contributed by atoms with Gasteiger partial charge in [-0.1, -0.05) is 31.4 Å². The molecule has 6 nitrogen and oxygen atoms in total. The quantitative estimate of drug-likeness (QED) is 0.583. The Labute approximate surface area is 168 Å². The van der Waals surface area contributed by atoms with Crippen molar-refractivity contribution in [3.63, 3.8) is 0 Å². The van der Waals surface area contributed by atoms with Crippen LogP contribution in [0.15, 0.2) is 29.3 Å². The SMILES string of the molecule is CCNC(=NCc1ccc(OC)cc1)NC1CCN(C(=O)C2CCCCC2)C1. The van der Waals surface area contributed by atoms with E-state index in [0.717, 1.165) is 56.2 Å². The highest BCUT2D eigenvalue weighted by molar-refractivity contribution is 5.81. The van der Waals surface area contributed by atoms with E-state index < -0.39 is 0 Å². The molecule has 1 amide bonds. The average Bonchev–Trinajstić information content (AvgIpc) is 3.21. The Bertz CT molecular complexity index is 653. The number of ether oxygens (including phenoxy) is 1. The maximum Gasteiger partial charge on any atom is 0.225 e. The normalized spacial score (nSPS) is 20.9. The zero-order valence-electron chi connectivity index (χ0n) is 17.2. The molecule has 2 N–H and O–H groups in total. The Balaban J connectivity index is 1.52. The van der Waals surface area contributed by atoms with Crippen molar-refractivity contribution in [2.45, 2.75) is 58.0 Å². The van der Waals surface area contributed by atoms with Crippen LogP contribution >= 0.6 is 0 Å². The molecule has 1 unspecified atom stereocenters. The summed E-state index contributed by atoms with van der Waals surface area (Å²) < 4.78 is 5.20. The number of amides is 1. The van der Waals surface area contributed by atoms with Gasteiger partial charge < -0.3 is 20.3 Å². The summed E-state index contributed by atoms with van der Waals surface area (Å²) in [6.07, 6.45) is 6.80.